The highest BCUT2D eigenvalue weighted by Crippen LogP contribution is 2.39. The van der Waals surface area contributed by atoms with E-state index in [0.717, 1.165) is 48.0 Å². The summed E-state index contributed by atoms with van der Waals surface area (Å²) in [5, 5.41) is 3.26. The van der Waals surface area contributed by atoms with E-state index in [1.807, 2.05) is 13.0 Å². The number of fused-ring (bicyclic) bond motifs is 1. The van der Waals surface area contributed by atoms with Crippen LogP contribution in [0.4, 0.5) is 24.8 Å². The number of halogens is 3. The minimum atomic E-state index is -4.67. The van der Waals surface area contributed by atoms with E-state index in [1.54, 1.807) is 6.07 Å². The van der Waals surface area contributed by atoms with Crippen LogP contribution in [0.1, 0.15) is 42.6 Å². The zero-order valence-corrected chi connectivity index (χ0v) is 15.0. The van der Waals surface area contributed by atoms with E-state index >= 15 is 0 Å². The van der Waals surface area contributed by atoms with Crippen molar-refractivity contribution in [3.8, 4) is 5.75 Å². The number of benzene rings is 1. The molecule has 4 rings (SSSR count). The van der Waals surface area contributed by atoms with Gasteiger partial charge in [0.15, 0.2) is 0 Å². The van der Waals surface area contributed by atoms with Gasteiger partial charge in [0, 0.05) is 31.6 Å². The van der Waals surface area contributed by atoms with Crippen LogP contribution >= 0.6 is 0 Å². The first-order chi connectivity index (χ1) is 12.9. The number of hydrogen-bond acceptors (Lipinski definition) is 5. The lowest BCUT2D eigenvalue weighted by Crippen LogP contribution is -2.31. The van der Waals surface area contributed by atoms with Gasteiger partial charge in [-0.15, -0.1) is 13.2 Å². The van der Waals surface area contributed by atoms with Crippen LogP contribution in [0, 0.1) is 0 Å². The summed E-state index contributed by atoms with van der Waals surface area (Å²) in [5.41, 5.74) is 1.88. The smallest absolute Gasteiger partial charge is 0.406 e. The number of aromatic nitrogens is 2. The molecule has 1 aliphatic heterocycles. The predicted octanol–water partition coefficient (Wildman–Crippen LogP) is 4.25. The fraction of sp³-hybridized carbons (Fsp3) is 0.474. The van der Waals surface area contributed by atoms with Crippen LogP contribution in [0.25, 0.3) is 0 Å². The van der Waals surface area contributed by atoms with E-state index in [9.17, 15) is 13.2 Å². The van der Waals surface area contributed by atoms with Gasteiger partial charge in [-0.1, -0.05) is 6.07 Å². The maximum atomic E-state index is 12.4. The van der Waals surface area contributed by atoms with Crippen LogP contribution < -0.4 is 15.0 Å². The maximum Gasteiger partial charge on any atom is 0.573 e. The van der Waals surface area contributed by atoms with Gasteiger partial charge in [-0.3, -0.25) is 0 Å². The third-order valence-corrected chi connectivity index (χ3v) is 4.78. The molecule has 1 aromatic heterocycles. The molecule has 1 N–H and O–H groups in total. The molecule has 2 aromatic rings. The Morgan fingerprint density at radius 2 is 2.00 bits per heavy atom. The van der Waals surface area contributed by atoms with Gasteiger partial charge in [0.1, 0.15) is 23.2 Å². The van der Waals surface area contributed by atoms with Gasteiger partial charge in [0.2, 0.25) is 0 Å². The molecule has 0 unspecified atom stereocenters. The molecule has 0 radical (unpaired) electrons. The van der Waals surface area contributed by atoms with Crippen molar-refractivity contribution >= 4 is 11.6 Å². The van der Waals surface area contributed by atoms with Crippen molar-refractivity contribution in [3.05, 3.63) is 41.2 Å². The number of nitrogens with zero attached hydrogens (tertiary/aromatic N) is 3. The Hall–Kier alpha value is -2.51. The lowest BCUT2D eigenvalue weighted by atomic mass is 9.99. The number of hydrogen-bond donors (Lipinski definition) is 1. The number of nitrogens with one attached hydrogen (secondary N) is 1. The first-order valence-electron chi connectivity index (χ1n) is 9.16. The van der Waals surface area contributed by atoms with E-state index in [1.165, 1.54) is 12.1 Å². The molecule has 0 atom stereocenters. The van der Waals surface area contributed by atoms with E-state index < -0.39 is 6.36 Å². The fourth-order valence-corrected chi connectivity index (χ4v) is 3.33. The SMILES string of the molecule is CCNc1cc(N2CCc3cc(OC(F)(F)F)ccc3C2)nc(C2CC2)n1. The minimum absolute atomic E-state index is 0.165. The molecular formula is C19H21F3N4O. The third kappa shape index (κ3) is 4.26. The Kier molecular flexibility index (Phi) is 4.57. The maximum absolute atomic E-state index is 12.4. The second kappa shape index (κ2) is 6.90. The number of alkyl halides is 3. The molecule has 1 aromatic carbocycles. The molecule has 0 saturated heterocycles. The highest BCUT2D eigenvalue weighted by molar-refractivity contribution is 5.52. The van der Waals surface area contributed by atoms with Gasteiger partial charge >= 0.3 is 6.36 Å². The van der Waals surface area contributed by atoms with Crippen molar-refractivity contribution in [1.29, 1.82) is 0 Å². The summed E-state index contributed by atoms with van der Waals surface area (Å²) in [6.07, 6.45) is -1.78. The van der Waals surface area contributed by atoms with Crippen LogP contribution in [0.3, 0.4) is 0 Å². The highest BCUT2D eigenvalue weighted by Gasteiger charge is 2.32. The Labute approximate surface area is 155 Å². The summed E-state index contributed by atoms with van der Waals surface area (Å²) in [7, 11) is 0. The first kappa shape index (κ1) is 17.9. The quantitative estimate of drug-likeness (QED) is 0.843. The summed E-state index contributed by atoms with van der Waals surface area (Å²) >= 11 is 0. The van der Waals surface area contributed by atoms with Gasteiger partial charge in [0.25, 0.3) is 0 Å². The van der Waals surface area contributed by atoms with Crippen molar-refractivity contribution < 1.29 is 17.9 Å². The lowest BCUT2D eigenvalue weighted by Gasteiger charge is -2.30. The van der Waals surface area contributed by atoms with E-state index in [2.05, 4.69) is 19.9 Å². The zero-order valence-electron chi connectivity index (χ0n) is 15.0. The van der Waals surface area contributed by atoms with E-state index in [0.29, 0.717) is 25.4 Å². The topological polar surface area (TPSA) is 50.3 Å². The summed E-state index contributed by atoms with van der Waals surface area (Å²) in [5.74, 6) is 2.85. The Morgan fingerprint density at radius 1 is 1.19 bits per heavy atom. The molecule has 1 aliphatic carbocycles. The summed E-state index contributed by atoms with van der Waals surface area (Å²) < 4.78 is 41.3. The predicted molar refractivity (Wildman–Crippen MR) is 96.0 cm³/mol. The highest BCUT2D eigenvalue weighted by atomic mass is 19.4. The zero-order chi connectivity index (χ0) is 19.0. The van der Waals surface area contributed by atoms with Gasteiger partial charge in [0.05, 0.1) is 0 Å². The second-order valence-electron chi connectivity index (χ2n) is 6.92. The normalized spacial score (nSPS) is 16.8. The number of ether oxygens (including phenoxy) is 1. The Bertz CT molecular complexity index is 836. The molecule has 0 spiro atoms. The Balaban J connectivity index is 1.56. The largest absolute Gasteiger partial charge is 0.573 e. The van der Waals surface area contributed by atoms with Crippen molar-refractivity contribution in [3.63, 3.8) is 0 Å². The molecule has 2 aliphatic rings. The second-order valence-corrected chi connectivity index (χ2v) is 6.92. The summed E-state index contributed by atoms with van der Waals surface area (Å²) in [6, 6.07) is 6.51. The standard InChI is InChI=1S/C19H21F3N4O/c1-2-23-16-10-17(25-18(24-16)12-3-4-12)26-8-7-13-9-15(27-19(20,21)22)6-5-14(13)11-26/h5-6,9-10,12H,2-4,7-8,11H2,1H3,(H,23,24,25). The van der Waals surface area contributed by atoms with Gasteiger partial charge in [-0.25, -0.2) is 9.97 Å². The van der Waals surface area contributed by atoms with Crippen LogP contribution in [0.2, 0.25) is 0 Å². The van der Waals surface area contributed by atoms with Crippen molar-refractivity contribution in [1.82, 2.24) is 9.97 Å². The van der Waals surface area contributed by atoms with Crippen LogP contribution in [0.15, 0.2) is 24.3 Å². The molecule has 8 heteroatoms. The summed E-state index contributed by atoms with van der Waals surface area (Å²) in [4.78, 5) is 11.5. The average Bonchev–Trinajstić information content (AvgIpc) is 3.45. The molecule has 27 heavy (non-hydrogen) atoms. The fourth-order valence-electron chi connectivity index (χ4n) is 3.33. The molecule has 1 saturated carbocycles. The van der Waals surface area contributed by atoms with Crippen LogP contribution in [0.5, 0.6) is 5.75 Å². The Morgan fingerprint density at radius 3 is 2.70 bits per heavy atom. The lowest BCUT2D eigenvalue weighted by molar-refractivity contribution is -0.274. The van der Waals surface area contributed by atoms with Crippen LogP contribution in [-0.4, -0.2) is 29.4 Å². The number of anilines is 2. The monoisotopic (exact) mass is 378 g/mol. The van der Waals surface area contributed by atoms with Gasteiger partial charge in [-0.2, -0.15) is 0 Å². The average molecular weight is 378 g/mol. The van der Waals surface area contributed by atoms with Crippen LogP contribution in [-0.2, 0) is 13.0 Å². The van der Waals surface area contributed by atoms with Gasteiger partial charge in [-0.05, 0) is 49.4 Å². The molecule has 1 fully saturated rings. The van der Waals surface area contributed by atoms with Crippen molar-refractivity contribution in [2.24, 2.45) is 0 Å². The number of rotatable bonds is 5. The molecular weight excluding hydrogens is 357 g/mol. The van der Waals surface area contributed by atoms with Gasteiger partial charge < -0.3 is 15.0 Å². The third-order valence-electron chi connectivity index (χ3n) is 4.78. The van der Waals surface area contributed by atoms with E-state index in [4.69, 9.17) is 4.98 Å². The molecule has 5 nitrogen and oxygen atoms in total. The first-order valence-corrected chi connectivity index (χ1v) is 9.16. The van der Waals surface area contributed by atoms with E-state index in [-0.39, 0.29) is 5.75 Å². The van der Waals surface area contributed by atoms with Crippen molar-refractivity contribution in [2.45, 2.75) is 45.0 Å². The molecule has 2 heterocycles. The van der Waals surface area contributed by atoms with Crippen molar-refractivity contribution in [2.75, 3.05) is 23.3 Å². The molecule has 0 amide bonds. The molecule has 0 bridgehead atoms. The minimum Gasteiger partial charge on any atom is -0.406 e. The summed E-state index contributed by atoms with van der Waals surface area (Å²) in [6.45, 7) is 4.10. The molecule has 144 valence electrons.